The molecule has 1 saturated carbocycles. The number of benzene rings is 1. The Morgan fingerprint density at radius 2 is 1.96 bits per heavy atom. The maximum atomic E-state index is 12.8. The van der Waals surface area contributed by atoms with Gasteiger partial charge in [-0.15, -0.1) is 0 Å². The van der Waals surface area contributed by atoms with Crippen LogP contribution in [-0.4, -0.2) is 53.1 Å². The lowest BCUT2D eigenvalue weighted by Crippen LogP contribution is -2.51. The lowest BCUT2D eigenvalue weighted by atomic mass is 9.80. The Balaban J connectivity index is 1.50. The predicted octanol–water partition coefficient (Wildman–Crippen LogP) is 1.99. The summed E-state index contributed by atoms with van der Waals surface area (Å²) < 4.78 is 5.25. The van der Waals surface area contributed by atoms with E-state index in [0.717, 1.165) is 18.4 Å². The third-order valence-corrected chi connectivity index (χ3v) is 5.73. The molecule has 6 heteroatoms. The number of hydrogen-bond donors (Lipinski definition) is 1. The van der Waals surface area contributed by atoms with Gasteiger partial charge >= 0.3 is 6.03 Å². The van der Waals surface area contributed by atoms with E-state index in [-0.39, 0.29) is 24.9 Å². The Bertz CT molecular complexity index is 582. The number of fused-ring (bicyclic) bond motifs is 4. The van der Waals surface area contributed by atoms with Crippen molar-refractivity contribution < 1.29 is 19.5 Å². The molecule has 0 radical (unpaired) electrons. The molecule has 2 bridgehead atoms. The molecule has 2 saturated heterocycles. The lowest BCUT2D eigenvalue weighted by Gasteiger charge is -2.39. The summed E-state index contributed by atoms with van der Waals surface area (Å²) in [6.45, 7) is 1.22. The minimum atomic E-state index is -0.298. The Kier molecular flexibility index (Phi) is 4.43. The minimum Gasteiger partial charge on any atom is -0.371 e. The molecule has 2 heterocycles. The number of carbonyl (C=O) groups is 1. The van der Waals surface area contributed by atoms with Crippen molar-refractivity contribution in [1.29, 1.82) is 0 Å². The number of hydroxylamine groups is 2. The fourth-order valence-electron chi connectivity index (χ4n) is 4.67. The van der Waals surface area contributed by atoms with Crippen LogP contribution < -0.4 is 0 Å². The van der Waals surface area contributed by atoms with Crippen molar-refractivity contribution in [3.05, 3.63) is 35.9 Å². The molecule has 4 rings (SSSR count). The van der Waals surface area contributed by atoms with E-state index >= 15 is 0 Å². The minimum absolute atomic E-state index is 0.0544. The van der Waals surface area contributed by atoms with Gasteiger partial charge in [0, 0.05) is 6.54 Å². The summed E-state index contributed by atoms with van der Waals surface area (Å²) in [5.74, 6) is 0.917. The fraction of sp³-hybridized carbons (Fsp3) is 0.611. The van der Waals surface area contributed by atoms with Gasteiger partial charge in [-0.3, -0.25) is 4.84 Å². The SMILES string of the molecule is O=C1N2CC(C3CCCC3C2COCO)N1OCc1ccccc1. The van der Waals surface area contributed by atoms with Gasteiger partial charge in [0.05, 0.1) is 18.7 Å². The number of urea groups is 1. The first-order valence-electron chi connectivity index (χ1n) is 8.75. The molecule has 2 aliphatic heterocycles. The van der Waals surface area contributed by atoms with Gasteiger partial charge in [0.1, 0.15) is 13.4 Å². The summed E-state index contributed by atoms with van der Waals surface area (Å²) in [4.78, 5) is 20.6. The van der Waals surface area contributed by atoms with Crippen LogP contribution in [0.25, 0.3) is 0 Å². The molecule has 1 aromatic carbocycles. The van der Waals surface area contributed by atoms with Crippen LogP contribution >= 0.6 is 0 Å². The van der Waals surface area contributed by atoms with Gasteiger partial charge in [-0.05, 0) is 30.2 Å². The molecule has 130 valence electrons. The third-order valence-electron chi connectivity index (χ3n) is 5.73. The zero-order valence-electron chi connectivity index (χ0n) is 13.7. The molecule has 0 spiro atoms. The normalized spacial score (nSPS) is 31.6. The van der Waals surface area contributed by atoms with Crippen LogP contribution in [0, 0.1) is 11.8 Å². The number of aliphatic hydroxyl groups excluding tert-OH is 1. The second kappa shape index (κ2) is 6.70. The zero-order chi connectivity index (χ0) is 16.5. The molecule has 3 aliphatic rings. The molecule has 6 nitrogen and oxygen atoms in total. The monoisotopic (exact) mass is 332 g/mol. The predicted molar refractivity (Wildman–Crippen MR) is 86.6 cm³/mol. The molecule has 1 aliphatic carbocycles. The lowest BCUT2D eigenvalue weighted by molar-refractivity contribution is -0.152. The Morgan fingerprint density at radius 3 is 2.75 bits per heavy atom. The Morgan fingerprint density at radius 1 is 1.17 bits per heavy atom. The molecule has 1 aromatic rings. The molecule has 4 unspecified atom stereocenters. The Hall–Kier alpha value is -1.63. The number of aliphatic hydroxyl groups is 1. The first-order valence-corrected chi connectivity index (χ1v) is 8.75. The number of amides is 2. The maximum absolute atomic E-state index is 12.8. The molecular formula is C18H24N2O4. The molecule has 0 aromatic heterocycles. The van der Waals surface area contributed by atoms with Gasteiger partial charge in [0.15, 0.2) is 0 Å². The van der Waals surface area contributed by atoms with E-state index < -0.39 is 0 Å². The van der Waals surface area contributed by atoms with Gasteiger partial charge in [0.25, 0.3) is 0 Å². The first-order chi connectivity index (χ1) is 11.8. The number of rotatable bonds is 6. The highest BCUT2D eigenvalue weighted by molar-refractivity contribution is 5.77. The van der Waals surface area contributed by atoms with Gasteiger partial charge in [0.2, 0.25) is 0 Å². The van der Waals surface area contributed by atoms with E-state index in [1.807, 2.05) is 35.2 Å². The van der Waals surface area contributed by atoms with Gasteiger partial charge in [-0.1, -0.05) is 36.8 Å². The number of carbonyl (C=O) groups excluding carboxylic acids is 1. The largest absolute Gasteiger partial charge is 0.371 e. The van der Waals surface area contributed by atoms with Crippen LogP contribution in [0.1, 0.15) is 24.8 Å². The fourth-order valence-corrected chi connectivity index (χ4v) is 4.67. The van der Waals surface area contributed by atoms with Crippen molar-refractivity contribution in [2.24, 2.45) is 11.8 Å². The van der Waals surface area contributed by atoms with Crippen molar-refractivity contribution >= 4 is 6.03 Å². The number of nitrogens with zero attached hydrogens (tertiary/aromatic N) is 2. The summed E-state index contributed by atoms with van der Waals surface area (Å²) in [5, 5.41) is 10.6. The molecule has 4 atom stereocenters. The van der Waals surface area contributed by atoms with Crippen LogP contribution in [0.2, 0.25) is 0 Å². The summed E-state index contributed by atoms with van der Waals surface area (Å²) in [6, 6.07) is 10.1. The highest BCUT2D eigenvalue weighted by Crippen LogP contribution is 2.47. The summed E-state index contributed by atoms with van der Waals surface area (Å²) >= 11 is 0. The molecular weight excluding hydrogens is 308 g/mol. The zero-order valence-corrected chi connectivity index (χ0v) is 13.7. The van der Waals surface area contributed by atoms with Gasteiger partial charge in [-0.25, -0.2) is 4.79 Å². The van der Waals surface area contributed by atoms with Crippen molar-refractivity contribution in [3.8, 4) is 0 Å². The van der Waals surface area contributed by atoms with Crippen molar-refractivity contribution in [2.75, 3.05) is 19.9 Å². The highest BCUT2D eigenvalue weighted by atomic mass is 16.7. The number of ether oxygens (including phenoxy) is 1. The first kappa shape index (κ1) is 15.9. The van der Waals surface area contributed by atoms with E-state index in [4.69, 9.17) is 14.7 Å². The topological polar surface area (TPSA) is 62.2 Å². The van der Waals surface area contributed by atoms with Crippen LogP contribution in [-0.2, 0) is 16.2 Å². The smallest absolute Gasteiger partial charge is 0.344 e. The molecule has 3 fully saturated rings. The van der Waals surface area contributed by atoms with Gasteiger partial charge in [-0.2, -0.15) is 5.06 Å². The second-order valence-electron chi connectivity index (χ2n) is 6.91. The number of piperidine rings is 1. The van der Waals surface area contributed by atoms with Crippen LogP contribution in [0.15, 0.2) is 30.3 Å². The summed E-state index contributed by atoms with van der Waals surface area (Å²) in [5.41, 5.74) is 1.06. The van der Waals surface area contributed by atoms with Crippen molar-refractivity contribution in [2.45, 2.75) is 38.0 Å². The highest BCUT2D eigenvalue weighted by Gasteiger charge is 2.56. The van der Waals surface area contributed by atoms with E-state index in [1.165, 1.54) is 6.42 Å². The standard InChI is InChI=1S/C18H24N2O4/c21-12-23-11-17-15-8-4-7-14(15)16-9-19(17)18(22)20(16)24-10-13-5-2-1-3-6-13/h1-3,5-6,14-17,21H,4,7-12H2. The van der Waals surface area contributed by atoms with Crippen molar-refractivity contribution in [3.63, 3.8) is 0 Å². The summed E-state index contributed by atoms with van der Waals surface area (Å²) in [6.07, 6.45) is 3.45. The average Bonchev–Trinajstić information content (AvgIpc) is 3.20. The van der Waals surface area contributed by atoms with E-state index in [1.54, 1.807) is 5.06 Å². The van der Waals surface area contributed by atoms with E-state index in [9.17, 15) is 4.79 Å². The Labute approximate surface area is 141 Å². The molecule has 2 amide bonds. The van der Waals surface area contributed by atoms with Gasteiger partial charge < -0.3 is 14.7 Å². The molecule has 24 heavy (non-hydrogen) atoms. The maximum Gasteiger partial charge on any atom is 0.344 e. The second-order valence-corrected chi connectivity index (χ2v) is 6.91. The quantitative estimate of drug-likeness (QED) is 0.809. The third kappa shape index (κ3) is 2.68. The van der Waals surface area contributed by atoms with Crippen molar-refractivity contribution in [1.82, 2.24) is 9.96 Å². The van der Waals surface area contributed by atoms with Crippen LogP contribution in [0.3, 0.4) is 0 Å². The number of hydrogen-bond acceptors (Lipinski definition) is 4. The summed E-state index contributed by atoms with van der Waals surface area (Å²) in [7, 11) is 0. The van der Waals surface area contributed by atoms with Crippen LogP contribution in [0.4, 0.5) is 4.79 Å². The molecule has 1 N–H and O–H groups in total. The average molecular weight is 332 g/mol. The van der Waals surface area contributed by atoms with Crippen LogP contribution in [0.5, 0.6) is 0 Å². The van der Waals surface area contributed by atoms with E-state index in [0.29, 0.717) is 31.6 Å². The van der Waals surface area contributed by atoms with E-state index in [2.05, 4.69) is 0 Å².